The quantitative estimate of drug-likeness (QED) is 0.578. The Morgan fingerprint density at radius 3 is 2.67 bits per heavy atom. The third-order valence-corrected chi connectivity index (χ3v) is 5.60. The van der Waals surface area contributed by atoms with Crippen LogP contribution in [0.15, 0.2) is 48.4 Å². The van der Waals surface area contributed by atoms with E-state index >= 15 is 0 Å². The second-order valence-corrected chi connectivity index (χ2v) is 7.43. The van der Waals surface area contributed by atoms with Gasteiger partial charge in [0.15, 0.2) is 5.82 Å². The summed E-state index contributed by atoms with van der Waals surface area (Å²) in [5.41, 5.74) is 3.18. The number of benzene rings is 1. The molecule has 0 fully saturated rings. The molecule has 6 nitrogen and oxygen atoms in total. The molecule has 3 heterocycles. The van der Waals surface area contributed by atoms with Crippen molar-refractivity contribution in [2.45, 2.75) is 32.1 Å². The molecule has 3 aromatic rings. The van der Waals surface area contributed by atoms with Crippen LogP contribution in [0.25, 0.3) is 16.6 Å². The van der Waals surface area contributed by atoms with E-state index in [9.17, 15) is 3.89 Å². The van der Waals surface area contributed by atoms with Crippen LogP contribution in [0.5, 0.6) is 0 Å². The van der Waals surface area contributed by atoms with E-state index in [-0.39, 0.29) is 17.3 Å². The molecule has 1 aromatic carbocycles. The van der Waals surface area contributed by atoms with Gasteiger partial charge in [0.1, 0.15) is 29.5 Å². The third-order valence-electron chi connectivity index (χ3n) is 5.15. The molecule has 0 radical (unpaired) electrons. The molecule has 30 heavy (non-hydrogen) atoms. The van der Waals surface area contributed by atoms with Crippen molar-refractivity contribution < 1.29 is 3.89 Å². The summed E-state index contributed by atoms with van der Waals surface area (Å²) in [6.45, 7) is 12.9. The number of aryl methyl sites for hydroxylation is 1. The first-order valence-electron chi connectivity index (χ1n) is 9.36. The Labute approximate surface area is 179 Å². The zero-order valence-corrected chi connectivity index (χ0v) is 17.9. The predicted octanol–water partition coefficient (Wildman–Crippen LogP) is 4.53. The molecule has 0 spiro atoms. The lowest BCUT2D eigenvalue weighted by atomic mass is 10.2. The lowest BCUT2D eigenvalue weighted by Gasteiger charge is -2.38. The molecule has 2 aromatic heterocycles. The van der Waals surface area contributed by atoms with Crippen LogP contribution >= 0.6 is 12.1 Å². The maximum Gasteiger partial charge on any atom is 0.204 e. The standard InChI is InChI=1S/C22H21FN6S/c1-6-7-12-28-20-15(3)29(16(4)27(5)21(20)26-22(28)30-23)13-19-24-14(2)17-10-8-9-11-18(17)25-19/h8-11H,3-4,12-13H2,1-2,5H3. The first-order valence-corrected chi connectivity index (χ1v) is 10.1. The van der Waals surface area contributed by atoms with Crippen LogP contribution in [-0.2, 0) is 13.1 Å². The van der Waals surface area contributed by atoms with Crippen molar-refractivity contribution in [1.29, 1.82) is 0 Å². The topological polar surface area (TPSA) is 50.1 Å². The number of imidazole rings is 1. The highest BCUT2D eigenvalue weighted by Gasteiger charge is 2.33. The lowest BCUT2D eigenvalue weighted by molar-refractivity contribution is 0.444. The fraction of sp³-hybridized carbons (Fsp3) is 0.227. The van der Waals surface area contributed by atoms with Gasteiger partial charge in [-0.1, -0.05) is 37.3 Å². The molecular formula is C22H21FN6S. The summed E-state index contributed by atoms with van der Waals surface area (Å²) < 4.78 is 15.3. The number of hydrogen-bond acceptors (Lipinski definition) is 6. The zero-order valence-electron chi connectivity index (χ0n) is 17.1. The van der Waals surface area contributed by atoms with Gasteiger partial charge in [-0.25, -0.2) is 15.0 Å². The van der Waals surface area contributed by atoms with E-state index in [1.54, 1.807) is 11.5 Å². The SMILES string of the molecule is C=C1c2c(nc(SF)n2CC#CC)N(C)C(=C)N1Cc1nc(C)c2ccccc2n1. The van der Waals surface area contributed by atoms with Crippen LogP contribution in [0.3, 0.4) is 0 Å². The summed E-state index contributed by atoms with van der Waals surface area (Å²) in [4.78, 5) is 17.6. The van der Waals surface area contributed by atoms with Crippen LogP contribution in [0.2, 0.25) is 0 Å². The molecule has 0 amide bonds. The Bertz CT molecular complexity index is 1240. The highest BCUT2D eigenvalue weighted by molar-refractivity contribution is 7.94. The van der Waals surface area contributed by atoms with E-state index in [4.69, 9.17) is 4.98 Å². The second-order valence-electron chi connectivity index (χ2n) is 6.91. The minimum Gasteiger partial charge on any atom is -0.319 e. The Morgan fingerprint density at radius 1 is 1.17 bits per heavy atom. The minimum atomic E-state index is 0.0967. The summed E-state index contributed by atoms with van der Waals surface area (Å²) in [6.07, 6.45) is 0. The third kappa shape index (κ3) is 3.21. The summed E-state index contributed by atoms with van der Waals surface area (Å²) in [7, 11) is 1.85. The van der Waals surface area contributed by atoms with E-state index in [0.29, 0.717) is 41.9 Å². The maximum atomic E-state index is 13.6. The molecule has 4 rings (SSSR count). The number of anilines is 1. The van der Waals surface area contributed by atoms with Crippen LogP contribution in [0.4, 0.5) is 9.70 Å². The number of halogens is 1. The predicted molar refractivity (Wildman–Crippen MR) is 119 cm³/mol. The van der Waals surface area contributed by atoms with Crippen molar-refractivity contribution in [1.82, 2.24) is 24.4 Å². The largest absolute Gasteiger partial charge is 0.319 e. The summed E-state index contributed by atoms with van der Waals surface area (Å²) in [5.74, 6) is 7.76. The van der Waals surface area contributed by atoms with Crippen LogP contribution in [0, 0.1) is 18.8 Å². The number of rotatable bonds is 4. The number of fused-ring (bicyclic) bond motifs is 2. The number of para-hydroxylation sites is 1. The van der Waals surface area contributed by atoms with Gasteiger partial charge in [-0.3, -0.25) is 0 Å². The van der Waals surface area contributed by atoms with Crippen molar-refractivity contribution in [2.24, 2.45) is 0 Å². The van der Waals surface area contributed by atoms with Gasteiger partial charge in [-0.2, -0.15) is 3.89 Å². The molecule has 8 heteroatoms. The molecule has 1 aliphatic rings. The highest BCUT2D eigenvalue weighted by Crippen LogP contribution is 2.40. The first-order chi connectivity index (χ1) is 14.5. The van der Waals surface area contributed by atoms with Crippen LogP contribution < -0.4 is 4.90 Å². The van der Waals surface area contributed by atoms with E-state index in [2.05, 4.69) is 35.0 Å². The van der Waals surface area contributed by atoms with Crippen molar-refractivity contribution >= 4 is 34.6 Å². The molecule has 0 N–H and O–H groups in total. The van der Waals surface area contributed by atoms with Crippen molar-refractivity contribution in [3.8, 4) is 11.8 Å². The molecule has 1 aliphatic heterocycles. The summed E-state index contributed by atoms with van der Waals surface area (Å²) >= 11 is 0.0967. The zero-order chi connectivity index (χ0) is 21.4. The normalized spacial score (nSPS) is 13.5. The molecule has 0 saturated carbocycles. The van der Waals surface area contributed by atoms with Gasteiger partial charge in [-0.05, 0) is 19.9 Å². The molecule has 0 unspecified atom stereocenters. The van der Waals surface area contributed by atoms with Gasteiger partial charge in [0, 0.05) is 18.1 Å². The average molecular weight is 421 g/mol. The average Bonchev–Trinajstić information content (AvgIpc) is 3.12. The van der Waals surface area contributed by atoms with E-state index in [1.807, 2.05) is 48.0 Å². The maximum absolute atomic E-state index is 13.6. The van der Waals surface area contributed by atoms with Crippen molar-refractivity contribution in [2.75, 3.05) is 11.9 Å². The van der Waals surface area contributed by atoms with Crippen molar-refractivity contribution in [3.63, 3.8) is 0 Å². The number of nitrogens with zero attached hydrogens (tertiary/aromatic N) is 6. The van der Waals surface area contributed by atoms with Gasteiger partial charge >= 0.3 is 0 Å². The Hall–Kier alpha value is -3.31. The molecule has 0 saturated heterocycles. The minimum absolute atomic E-state index is 0.0967. The lowest BCUT2D eigenvalue weighted by Crippen LogP contribution is -2.37. The molecule has 152 valence electrons. The monoisotopic (exact) mass is 420 g/mol. The van der Waals surface area contributed by atoms with E-state index < -0.39 is 0 Å². The van der Waals surface area contributed by atoms with E-state index in [1.165, 1.54) is 0 Å². The van der Waals surface area contributed by atoms with Crippen LogP contribution in [-0.4, -0.2) is 31.5 Å². The fourth-order valence-corrected chi connectivity index (χ4v) is 3.94. The van der Waals surface area contributed by atoms with Crippen molar-refractivity contribution in [3.05, 3.63) is 60.5 Å². The smallest absolute Gasteiger partial charge is 0.204 e. The molecular weight excluding hydrogens is 399 g/mol. The fourth-order valence-electron chi connectivity index (χ4n) is 3.58. The van der Waals surface area contributed by atoms with E-state index in [0.717, 1.165) is 16.6 Å². The summed E-state index contributed by atoms with van der Waals surface area (Å²) in [6, 6.07) is 7.92. The number of hydrogen-bond donors (Lipinski definition) is 0. The van der Waals surface area contributed by atoms with Gasteiger partial charge < -0.3 is 14.4 Å². The Morgan fingerprint density at radius 2 is 1.93 bits per heavy atom. The molecule has 0 bridgehead atoms. The van der Waals surface area contributed by atoms with Gasteiger partial charge in [0.25, 0.3) is 0 Å². The van der Waals surface area contributed by atoms with Gasteiger partial charge in [-0.15, -0.1) is 5.92 Å². The van der Waals surface area contributed by atoms with Gasteiger partial charge in [0.2, 0.25) is 5.16 Å². The first kappa shape index (κ1) is 20.0. The Kier molecular flexibility index (Phi) is 5.22. The summed E-state index contributed by atoms with van der Waals surface area (Å²) in [5, 5.41) is 1.26. The highest BCUT2D eigenvalue weighted by atomic mass is 32.2. The second kappa shape index (κ2) is 7.84. The van der Waals surface area contributed by atoms with Gasteiger partial charge in [0.05, 0.1) is 24.3 Å². The molecule has 0 aliphatic carbocycles. The molecule has 0 atom stereocenters. The Balaban J connectivity index is 1.76. The van der Waals surface area contributed by atoms with Crippen LogP contribution in [0.1, 0.15) is 24.1 Å². The number of aromatic nitrogens is 4.